The number of benzene rings is 1. The predicted octanol–water partition coefficient (Wildman–Crippen LogP) is 2.37. The fraction of sp³-hybridized carbons (Fsp3) is 0.533. The minimum Gasteiger partial charge on any atom is -0.396 e. The van der Waals surface area contributed by atoms with Crippen LogP contribution < -0.4 is 5.32 Å². The number of rotatable bonds is 5. The number of amides is 1. The second-order valence-corrected chi connectivity index (χ2v) is 6.85. The molecule has 0 unspecified atom stereocenters. The van der Waals surface area contributed by atoms with E-state index in [1.54, 1.807) is 0 Å². The molecule has 2 fully saturated rings. The normalized spacial score (nSPS) is 21.8. The Morgan fingerprint density at radius 1 is 1.32 bits per heavy atom. The van der Waals surface area contributed by atoms with Crippen molar-refractivity contribution in [2.75, 3.05) is 13.2 Å². The number of hydrogen-bond acceptors (Lipinski definition) is 2. The maximum Gasteiger partial charge on any atom is 0.230 e. The van der Waals surface area contributed by atoms with Crippen molar-refractivity contribution in [3.63, 3.8) is 0 Å². The molecule has 4 heteroatoms. The van der Waals surface area contributed by atoms with E-state index in [1.165, 1.54) is 0 Å². The van der Waals surface area contributed by atoms with E-state index in [0.717, 1.165) is 35.7 Å². The van der Waals surface area contributed by atoms with Gasteiger partial charge in [0.15, 0.2) is 0 Å². The Hall–Kier alpha value is -0.870. The molecule has 0 spiro atoms. The second kappa shape index (κ2) is 4.60. The first-order valence-corrected chi connectivity index (χ1v) is 7.55. The van der Waals surface area contributed by atoms with Crippen LogP contribution in [0, 0.1) is 5.41 Å². The quantitative estimate of drug-likeness (QED) is 0.874. The first-order chi connectivity index (χ1) is 9.10. The Kier molecular flexibility index (Phi) is 3.18. The third kappa shape index (κ3) is 2.43. The van der Waals surface area contributed by atoms with Crippen LogP contribution in [0.25, 0.3) is 0 Å². The van der Waals surface area contributed by atoms with Gasteiger partial charge < -0.3 is 10.4 Å². The van der Waals surface area contributed by atoms with Crippen molar-refractivity contribution in [3.05, 3.63) is 34.3 Å². The van der Waals surface area contributed by atoms with Crippen molar-refractivity contribution in [2.24, 2.45) is 5.41 Å². The van der Waals surface area contributed by atoms with Gasteiger partial charge in [-0.05, 0) is 43.4 Å². The third-order valence-electron chi connectivity index (χ3n) is 4.48. The van der Waals surface area contributed by atoms with Gasteiger partial charge in [-0.15, -0.1) is 0 Å². The Morgan fingerprint density at radius 3 is 2.58 bits per heavy atom. The Balaban J connectivity index is 1.69. The average molecular weight is 324 g/mol. The lowest BCUT2D eigenvalue weighted by molar-refractivity contribution is -0.123. The van der Waals surface area contributed by atoms with E-state index >= 15 is 0 Å². The zero-order valence-electron chi connectivity index (χ0n) is 10.8. The van der Waals surface area contributed by atoms with Crippen LogP contribution in [0.3, 0.4) is 0 Å². The van der Waals surface area contributed by atoms with Gasteiger partial charge in [-0.1, -0.05) is 28.1 Å². The van der Waals surface area contributed by atoms with E-state index in [0.29, 0.717) is 6.54 Å². The molecule has 0 saturated heterocycles. The highest BCUT2D eigenvalue weighted by atomic mass is 79.9. The minimum absolute atomic E-state index is 0.0248. The Labute approximate surface area is 121 Å². The molecule has 1 amide bonds. The lowest BCUT2D eigenvalue weighted by Crippen LogP contribution is -2.39. The summed E-state index contributed by atoms with van der Waals surface area (Å²) < 4.78 is 1.01. The first kappa shape index (κ1) is 13.1. The number of nitrogens with one attached hydrogen (secondary N) is 1. The van der Waals surface area contributed by atoms with Crippen molar-refractivity contribution < 1.29 is 9.90 Å². The fourth-order valence-electron chi connectivity index (χ4n) is 2.56. The standard InChI is InChI=1S/C15H18BrNO2/c16-12-3-1-2-11(8-12)15(6-7-15)13(19)17-9-14(10-18)4-5-14/h1-3,8,18H,4-7,9-10H2,(H,17,19). The van der Waals surface area contributed by atoms with Crippen LogP contribution in [-0.2, 0) is 10.2 Å². The molecule has 0 bridgehead atoms. The largest absolute Gasteiger partial charge is 0.396 e. The van der Waals surface area contributed by atoms with Crippen LogP contribution in [-0.4, -0.2) is 24.2 Å². The van der Waals surface area contributed by atoms with Gasteiger partial charge in [0, 0.05) is 16.4 Å². The number of halogens is 1. The van der Waals surface area contributed by atoms with E-state index in [2.05, 4.69) is 21.2 Å². The van der Waals surface area contributed by atoms with Crippen LogP contribution in [0.15, 0.2) is 28.7 Å². The van der Waals surface area contributed by atoms with E-state index in [1.807, 2.05) is 24.3 Å². The van der Waals surface area contributed by atoms with Gasteiger partial charge in [0.1, 0.15) is 0 Å². The molecule has 102 valence electrons. The zero-order valence-corrected chi connectivity index (χ0v) is 12.4. The Bertz CT molecular complexity index is 507. The maximum absolute atomic E-state index is 12.4. The lowest BCUT2D eigenvalue weighted by Gasteiger charge is -2.19. The van der Waals surface area contributed by atoms with Crippen LogP contribution in [0.5, 0.6) is 0 Å². The van der Waals surface area contributed by atoms with Gasteiger partial charge in [0.05, 0.1) is 12.0 Å². The van der Waals surface area contributed by atoms with Gasteiger partial charge in [-0.3, -0.25) is 4.79 Å². The van der Waals surface area contributed by atoms with E-state index in [9.17, 15) is 9.90 Å². The van der Waals surface area contributed by atoms with Crippen molar-refractivity contribution in [2.45, 2.75) is 31.1 Å². The molecular formula is C15H18BrNO2. The average Bonchev–Trinajstić information content (AvgIpc) is 3.30. The van der Waals surface area contributed by atoms with Gasteiger partial charge in [0.25, 0.3) is 0 Å². The topological polar surface area (TPSA) is 49.3 Å². The molecule has 0 radical (unpaired) electrons. The molecule has 19 heavy (non-hydrogen) atoms. The first-order valence-electron chi connectivity index (χ1n) is 6.76. The van der Waals surface area contributed by atoms with Crippen molar-refractivity contribution in [1.29, 1.82) is 0 Å². The summed E-state index contributed by atoms with van der Waals surface area (Å²) in [5.41, 5.74) is 0.742. The number of aliphatic hydroxyl groups is 1. The molecule has 0 aliphatic heterocycles. The van der Waals surface area contributed by atoms with Crippen molar-refractivity contribution in [1.82, 2.24) is 5.32 Å². The predicted molar refractivity (Wildman–Crippen MR) is 76.8 cm³/mol. The summed E-state index contributed by atoms with van der Waals surface area (Å²) in [6.45, 7) is 0.787. The van der Waals surface area contributed by atoms with E-state index in [-0.39, 0.29) is 23.3 Å². The molecule has 3 nitrogen and oxygen atoms in total. The highest BCUT2D eigenvalue weighted by molar-refractivity contribution is 9.10. The number of carbonyl (C=O) groups excluding carboxylic acids is 1. The highest BCUT2D eigenvalue weighted by Crippen LogP contribution is 2.49. The summed E-state index contributed by atoms with van der Waals surface area (Å²) in [7, 11) is 0. The molecule has 2 aliphatic carbocycles. The Morgan fingerprint density at radius 2 is 2.05 bits per heavy atom. The zero-order chi connectivity index (χ0) is 13.5. The summed E-state index contributed by atoms with van der Waals surface area (Å²) in [6.07, 6.45) is 3.88. The fourth-order valence-corrected chi connectivity index (χ4v) is 2.96. The smallest absolute Gasteiger partial charge is 0.230 e. The van der Waals surface area contributed by atoms with Gasteiger partial charge >= 0.3 is 0 Å². The molecule has 0 aromatic heterocycles. The highest BCUT2D eigenvalue weighted by Gasteiger charge is 2.52. The van der Waals surface area contributed by atoms with Crippen LogP contribution >= 0.6 is 15.9 Å². The monoisotopic (exact) mass is 323 g/mol. The third-order valence-corrected chi connectivity index (χ3v) is 4.97. The van der Waals surface area contributed by atoms with Gasteiger partial charge in [0.2, 0.25) is 5.91 Å². The molecule has 0 heterocycles. The molecule has 2 N–H and O–H groups in total. The van der Waals surface area contributed by atoms with E-state index < -0.39 is 0 Å². The van der Waals surface area contributed by atoms with Crippen molar-refractivity contribution >= 4 is 21.8 Å². The lowest BCUT2D eigenvalue weighted by atomic mass is 9.94. The molecule has 2 aliphatic rings. The van der Waals surface area contributed by atoms with Crippen molar-refractivity contribution in [3.8, 4) is 0 Å². The maximum atomic E-state index is 12.4. The second-order valence-electron chi connectivity index (χ2n) is 5.93. The van der Waals surface area contributed by atoms with Crippen LogP contribution in [0.4, 0.5) is 0 Å². The summed E-state index contributed by atoms with van der Waals surface area (Å²) in [6, 6.07) is 8.01. The molecule has 0 atom stereocenters. The molecule has 1 aromatic rings. The van der Waals surface area contributed by atoms with Gasteiger partial charge in [-0.2, -0.15) is 0 Å². The summed E-state index contributed by atoms with van der Waals surface area (Å²) in [4.78, 5) is 12.4. The number of carbonyl (C=O) groups is 1. The number of hydrogen-bond donors (Lipinski definition) is 2. The molecular weight excluding hydrogens is 306 g/mol. The summed E-state index contributed by atoms with van der Waals surface area (Å²) in [5.74, 6) is 0.116. The van der Waals surface area contributed by atoms with E-state index in [4.69, 9.17) is 0 Å². The van der Waals surface area contributed by atoms with Crippen LogP contribution in [0.2, 0.25) is 0 Å². The summed E-state index contributed by atoms with van der Waals surface area (Å²) in [5, 5.41) is 12.3. The minimum atomic E-state index is -0.324. The number of aliphatic hydroxyl groups excluding tert-OH is 1. The molecule has 2 saturated carbocycles. The SMILES string of the molecule is O=C(NCC1(CO)CC1)C1(c2cccc(Br)c2)CC1. The summed E-state index contributed by atoms with van der Waals surface area (Å²) >= 11 is 3.46. The van der Waals surface area contributed by atoms with Crippen LogP contribution in [0.1, 0.15) is 31.2 Å². The molecule has 3 rings (SSSR count). The molecule has 1 aromatic carbocycles. The van der Waals surface area contributed by atoms with Gasteiger partial charge in [-0.25, -0.2) is 0 Å².